The van der Waals surface area contributed by atoms with Crippen molar-refractivity contribution in [3.05, 3.63) is 46.0 Å². The van der Waals surface area contributed by atoms with E-state index >= 15 is 0 Å². The molecule has 2 N–H and O–H groups in total. The number of carbonyl (C=O) groups is 1. The second-order valence-electron chi connectivity index (χ2n) is 4.84. The minimum Gasteiger partial charge on any atom is -0.466 e. The smallest absolute Gasteiger partial charge is 0.271 e. The van der Waals surface area contributed by atoms with Crippen LogP contribution in [0, 0.1) is 13.8 Å². The molecule has 0 fully saturated rings. The van der Waals surface area contributed by atoms with E-state index in [0.717, 1.165) is 17.1 Å². The Morgan fingerprint density at radius 3 is 2.67 bits per heavy atom. The second kappa shape index (κ2) is 6.18. The van der Waals surface area contributed by atoms with Crippen LogP contribution in [0.5, 0.6) is 0 Å². The summed E-state index contributed by atoms with van der Waals surface area (Å²) in [5.74, 6) is 1.88. The van der Waals surface area contributed by atoms with Gasteiger partial charge in [-0.15, -0.1) is 0 Å². The van der Waals surface area contributed by atoms with E-state index in [1.54, 1.807) is 19.2 Å². The zero-order valence-corrected chi connectivity index (χ0v) is 13.2. The Labute approximate surface area is 128 Å². The molecular formula is C15H18ClN3O2. The molecule has 0 saturated heterocycles. The van der Waals surface area contributed by atoms with Gasteiger partial charge in [-0.25, -0.2) is 4.98 Å². The fourth-order valence-corrected chi connectivity index (χ4v) is 2.35. The molecule has 2 aromatic rings. The number of rotatable bonds is 4. The van der Waals surface area contributed by atoms with E-state index in [0.29, 0.717) is 10.8 Å². The van der Waals surface area contributed by atoms with Crippen LogP contribution < -0.4 is 10.6 Å². The molecule has 5 nitrogen and oxygen atoms in total. The summed E-state index contributed by atoms with van der Waals surface area (Å²) in [6, 6.07) is 5.09. The summed E-state index contributed by atoms with van der Waals surface area (Å²) in [5, 5.41) is 6.09. The topological polar surface area (TPSA) is 67.2 Å². The van der Waals surface area contributed by atoms with Crippen LogP contribution in [-0.4, -0.2) is 17.9 Å². The van der Waals surface area contributed by atoms with E-state index in [9.17, 15) is 4.79 Å². The van der Waals surface area contributed by atoms with E-state index < -0.39 is 0 Å². The van der Waals surface area contributed by atoms with Crippen LogP contribution in [0.2, 0.25) is 5.02 Å². The minimum atomic E-state index is -0.317. The zero-order valence-electron chi connectivity index (χ0n) is 12.5. The first-order chi connectivity index (χ1) is 9.92. The number of carbonyl (C=O) groups excluding carboxylic acids is 1. The van der Waals surface area contributed by atoms with Crippen molar-refractivity contribution in [1.82, 2.24) is 10.3 Å². The van der Waals surface area contributed by atoms with Gasteiger partial charge in [-0.05, 0) is 39.0 Å². The van der Waals surface area contributed by atoms with Crippen molar-refractivity contribution in [2.45, 2.75) is 26.8 Å². The maximum atomic E-state index is 12.3. The Morgan fingerprint density at radius 1 is 1.38 bits per heavy atom. The Bertz CT molecular complexity index is 667. The molecule has 112 valence electrons. The van der Waals surface area contributed by atoms with Gasteiger partial charge in [0, 0.05) is 12.6 Å². The van der Waals surface area contributed by atoms with Crippen molar-refractivity contribution in [3.63, 3.8) is 0 Å². The van der Waals surface area contributed by atoms with Gasteiger partial charge >= 0.3 is 0 Å². The number of furan rings is 1. The highest BCUT2D eigenvalue weighted by molar-refractivity contribution is 6.33. The quantitative estimate of drug-likeness (QED) is 0.907. The van der Waals surface area contributed by atoms with Crippen molar-refractivity contribution in [2.75, 3.05) is 12.4 Å². The molecule has 0 aliphatic heterocycles. The molecule has 0 bridgehead atoms. The van der Waals surface area contributed by atoms with Crippen molar-refractivity contribution in [2.24, 2.45) is 0 Å². The Balaban J connectivity index is 2.20. The molecule has 0 spiro atoms. The summed E-state index contributed by atoms with van der Waals surface area (Å²) in [5.41, 5.74) is 1.15. The summed E-state index contributed by atoms with van der Waals surface area (Å²) >= 11 is 6.04. The number of aromatic nitrogens is 1. The van der Waals surface area contributed by atoms with Gasteiger partial charge in [-0.2, -0.15) is 0 Å². The summed E-state index contributed by atoms with van der Waals surface area (Å²) in [4.78, 5) is 16.5. The molecule has 1 unspecified atom stereocenters. The molecule has 6 heteroatoms. The number of nitrogens with zero attached hydrogens (tertiary/aromatic N) is 1. The van der Waals surface area contributed by atoms with Gasteiger partial charge in [-0.1, -0.05) is 11.6 Å². The fourth-order valence-electron chi connectivity index (χ4n) is 2.16. The number of hydrogen-bond donors (Lipinski definition) is 2. The van der Waals surface area contributed by atoms with E-state index in [-0.39, 0.29) is 17.6 Å². The standard InChI is InChI=1S/C15H18ClN3O2/c1-8-7-11(10(3)21-8)9(2)18-15(20)14-12(16)5-6-13(17-4)19-14/h5-7,9H,1-4H3,(H,17,19)(H,18,20). The number of amides is 1. The first-order valence-corrected chi connectivity index (χ1v) is 7.02. The third-order valence-electron chi connectivity index (χ3n) is 3.21. The number of hydrogen-bond acceptors (Lipinski definition) is 4. The number of nitrogens with one attached hydrogen (secondary N) is 2. The van der Waals surface area contributed by atoms with Crippen LogP contribution in [-0.2, 0) is 0 Å². The van der Waals surface area contributed by atoms with Crippen molar-refractivity contribution in [3.8, 4) is 0 Å². The van der Waals surface area contributed by atoms with E-state index in [1.807, 2.05) is 26.8 Å². The van der Waals surface area contributed by atoms with Gasteiger partial charge in [0.05, 0.1) is 11.1 Å². The maximum absolute atomic E-state index is 12.3. The van der Waals surface area contributed by atoms with Gasteiger partial charge in [0.25, 0.3) is 5.91 Å². The summed E-state index contributed by atoms with van der Waals surface area (Å²) < 4.78 is 5.48. The van der Waals surface area contributed by atoms with Crippen LogP contribution in [0.15, 0.2) is 22.6 Å². The van der Waals surface area contributed by atoms with E-state index in [4.69, 9.17) is 16.0 Å². The van der Waals surface area contributed by atoms with Crippen molar-refractivity contribution < 1.29 is 9.21 Å². The molecule has 1 atom stereocenters. The lowest BCUT2D eigenvalue weighted by Gasteiger charge is -2.14. The van der Waals surface area contributed by atoms with Gasteiger partial charge in [-0.3, -0.25) is 4.79 Å². The Hall–Kier alpha value is -2.01. The predicted octanol–water partition coefficient (Wildman–Crippen LogP) is 3.48. The van der Waals surface area contributed by atoms with Crippen LogP contribution >= 0.6 is 11.6 Å². The minimum absolute atomic E-state index is 0.189. The molecule has 2 rings (SSSR count). The van der Waals surface area contributed by atoms with Gasteiger partial charge in [0.2, 0.25) is 0 Å². The van der Waals surface area contributed by atoms with Gasteiger partial charge in [0.1, 0.15) is 23.0 Å². The molecule has 2 heterocycles. The van der Waals surface area contributed by atoms with E-state index in [1.165, 1.54) is 0 Å². The first kappa shape index (κ1) is 15.4. The predicted molar refractivity (Wildman–Crippen MR) is 82.9 cm³/mol. The fraction of sp³-hybridized carbons (Fsp3) is 0.333. The average Bonchev–Trinajstić information content (AvgIpc) is 2.78. The zero-order chi connectivity index (χ0) is 15.6. The number of halogens is 1. The normalized spacial score (nSPS) is 12.0. The second-order valence-corrected chi connectivity index (χ2v) is 5.25. The number of pyridine rings is 1. The molecule has 0 aliphatic rings. The molecule has 0 radical (unpaired) electrons. The molecule has 21 heavy (non-hydrogen) atoms. The van der Waals surface area contributed by atoms with Crippen molar-refractivity contribution in [1.29, 1.82) is 0 Å². The lowest BCUT2D eigenvalue weighted by Crippen LogP contribution is -2.28. The largest absolute Gasteiger partial charge is 0.466 e. The van der Waals surface area contributed by atoms with Gasteiger partial charge < -0.3 is 15.1 Å². The van der Waals surface area contributed by atoms with E-state index in [2.05, 4.69) is 15.6 Å². The third kappa shape index (κ3) is 3.36. The Morgan fingerprint density at radius 2 is 2.10 bits per heavy atom. The lowest BCUT2D eigenvalue weighted by atomic mass is 10.1. The first-order valence-electron chi connectivity index (χ1n) is 6.64. The molecule has 0 aliphatic carbocycles. The van der Waals surface area contributed by atoms with Crippen LogP contribution in [0.4, 0.5) is 5.82 Å². The Kier molecular flexibility index (Phi) is 4.53. The molecule has 2 aromatic heterocycles. The van der Waals surface area contributed by atoms with Crippen LogP contribution in [0.1, 0.15) is 40.5 Å². The summed E-state index contributed by atoms with van der Waals surface area (Å²) in [7, 11) is 1.73. The third-order valence-corrected chi connectivity index (χ3v) is 3.52. The summed E-state index contributed by atoms with van der Waals surface area (Å²) in [6.45, 7) is 5.64. The highest BCUT2D eigenvalue weighted by atomic mass is 35.5. The monoisotopic (exact) mass is 307 g/mol. The lowest BCUT2D eigenvalue weighted by molar-refractivity contribution is 0.0935. The van der Waals surface area contributed by atoms with Crippen molar-refractivity contribution >= 4 is 23.3 Å². The maximum Gasteiger partial charge on any atom is 0.271 e. The van der Waals surface area contributed by atoms with Crippen LogP contribution in [0.3, 0.4) is 0 Å². The average molecular weight is 308 g/mol. The SMILES string of the molecule is CNc1ccc(Cl)c(C(=O)NC(C)c2cc(C)oc2C)n1. The number of anilines is 1. The molecule has 0 aromatic carbocycles. The summed E-state index contributed by atoms with van der Waals surface area (Å²) in [6.07, 6.45) is 0. The molecule has 0 saturated carbocycles. The highest BCUT2D eigenvalue weighted by Crippen LogP contribution is 2.22. The number of aryl methyl sites for hydroxylation is 2. The van der Waals surface area contributed by atoms with Gasteiger partial charge in [0.15, 0.2) is 0 Å². The van der Waals surface area contributed by atoms with Crippen LogP contribution in [0.25, 0.3) is 0 Å². The highest BCUT2D eigenvalue weighted by Gasteiger charge is 2.19. The molecular weight excluding hydrogens is 290 g/mol. The molecule has 1 amide bonds.